The minimum atomic E-state index is 0.299. The number of aryl methyl sites for hydroxylation is 2. The molecule has 1 aliphatic heterocycles. The van der Waals surface area contributed by atoms with E-state index in [2.05, 4.69) is 48.3 Å². The quantitative estimate of drug-likeness (QED) is 0.885. The third-order valence-electron chi connectivity index (χ3n) is 3.61. The fourth-order valence-corrected chi connectivity index (χ4v) is 2.73. The van der Waals surface area contributed by atoms with Gasteiger partial charge in [0.2, 0.25) is 0 Å². The van der Waals surface area contributed by atoms with E-state index in [1.54, 1.807) is 0 Å². The highest BCUT2D eigenvalue weighted by Gasteiger charge is 2.21. The van der Waals surface area contributed by atoms with Gasteiger partial charge in [0, 0.05) is 31.4 Å². The van der Waals surface area contributed by atoms with Crippen LogP contribution < -0.4 is 10.2 Å². The van der Waals surface area contributed by atoms with Gasteiger partial charge in [0.05, 0.1) is 12.5 Å². The SMILES string of the molecule is CCc1cccc(C)c1N1CCNC(CC#N)C1. The third-order valence-corrected chi connectivity index (χ3v) is 3.61. The lowest BCUT2D eigenvalue weighted by molar-refractivity contribution is 0.462. The van der Waals surface area contributed by atoms with Crippen molar-refractivity contribution in [3.63, 3.8) is 0 Å². The summed E-state index contributed by atoms with van der Waals surface area (Å²) in [4.78, 5) is 2.44. The molecule has 3 heteroatoms. The fraction of sp³-hybridized carbons (Fsp3) is 0.533. The summed E-state index contributed by atoms with van der Waals surface area (Å²) in [7, 11) is 0. The Morgan fingerprint density at radius 1 is 1.50 bits per heavy atom. The smallest absolute Gasteiger partial charge is 0.0638 e. The summed E-state index contributed by atoms with van der Waals surface area (Å²) < 4.78 is 0. The molecular formula is C15H21N3. The van der Waals surface area contributed by atoms with Gasteiger partial charge >= 0.3 is 0 Å². The summed E-state index contributed by atoms with van der Waals surface area (Å²) in [5, 5.41) is 12.2. The van der Waals surface area contributed by atoms with Crippen LogP contribution >= 0.6 is 0 Å². The van der Waals surface area contributed by atoms with E-state index in [9.17, 15) is 0 Å². The Labute approximate surface area is 109 Å². The molecule has 2 rings (SSSR count). The zero-order chi connectivity index (χ0) is 13.0. The van der Waals surface area contributed by atoms with E-state index in [1.807, 2.05) is 0 Å². The van der Waals surface area contributed by atoms with Gasteiger partial charge in [-0.1, -0.05) is 25.1 Å². The molecule has 0 aromatic heterocycles. The normalized spacial score (nSPS) is 19.6. The van der Waals surface area contributed by atoms with E-state index in [-0.39, 0.29) is 0 Å². The molecule has 0 amide bonds. The molecule has 0 bridgehead atoms. The summed E-state index contributed by atoms with van der Waals surface area (Å²) >= 11 is 0. The molecule has 0 aliphatic carbocycles. The predicted molar refractivity (Wildman–Crippen MR) is 74.8 cm³/mol. The maximum Gasteiger partial charge on any atom is 0.0638 e. The van der Waals surface area contributed by atoms with Crippen LogP contribution in [0.3, 0.4) is 0 Å². The first kappa shape index (κ1) is 12.9. The molecule has 1 aliphatic rings. The first-order valence-electron chi connectivity index (χ1n) is 6.70. The lowest BCUT2D eigenvalue weighted by Crippen LogP contribution is -2.51. The standard InChI is InChI=1S/C15H21N3/c1-3-13-6-4-5-12(2)15(13)18-10-9-17-14(11-18)7-8-16/h4-6,14,17H,3,7,9-11H2,1-2H3. The lowest BCUT2D eigenvalue weighted by Gasteiger charge is -2.36. The van der Waals surface area contributed by atoms with Gasteiger partial charge in [-0.3, -0.25) is 0 Å². The summed E-state index contributed by atoms with van der Waals surface area (Å²) in [5.41, 5.74) is 4.13. The molecule has 0 spiro atoms. The second-order valence-corrected chi connectivity index (χ2v) is 4.90. The molecule has 1 atom stereocenters. The second kappa shape index (κ2) is 5.88. The average molecular weight is 243 g/mol. The average Bonchev–Trinajstić information content (AvgIpc) is 2.39. The largest absolute Gasteiger partial charge is 0.368 e. The van der Waals surface area contributed by atoms with Crippen LogP contribution in [0.4, 0.5) is 5.69 Å². The Morgan fingerprint density at radius 2 is 2.33 bits per heavy atom. The van der Waals surface area contributed by atoms with E-state index < -0.39 is 0 Å². The van der Waals surface area contributed by atoms with Crippen LogP contribution in [0, 0.1) is 18.3 Å². The van der Waals surface area contributed by atoms with Crippen molar-refractivity contribution in [1.82, 2.24) is 5.32 Å². The van der Waals surface area contributed by atoms with Crippen molar-refractivity contribution >= 4 is 5.69 Å². The molecule has 18 heavy (non-hydrogen) atoms. The van der Waals surface area contributed by atoms with E-state index in [0.29, 0.717) is 12.5 Å². The molecular weight excluding hydrogens is 222 g/mol. The van der Waals surface area contributed by atoms with Crippen molar-refractivity contribution < 1.29 is 0 Å². The molecule has 1 unspecified atom stereocenters. The van der Waals surface area contributed by atoms with Gasteiger partial charge in [0.25, 0.3) is 0 Å². The molecule has 1 saturated heterocycles. The monoisotopic (exact) mass is 243 g/mol. The second-order valence-electron chi connectivity index (χ2n) is 4.90. The Balaban J connectivity index is 2.23. The molecule has 1 heterocycles. The highest BCUT2D eigenvalue weighted by atomic mass is 15.2. The van der Waals surface area contributed by atoms with Crippen LogP contribution in [0.5, 0.6) is 0 Å². The summed E-state index contributed by atoms with van der Waals surface area (Å²) in [6.07, 6.45) is 1.65. The Kier molecular flexibility index (Phi) is 4.22. The zero-order valence-corrected chi connectivity index (χ0v) is 11.2. The zero-order valence-electron chi connectivity index (χ0n) is 11.2. The third kappa shape index (κ3) is 2.65. The minimum Gasteiger partial charge on any atom is -0.368 e. The van der Waals surface area contributed by atoms with Crippen molar-refractivity contribution in [1.29, 1.82) is 5.26 Å². The van der Waals surface area contributed by atoms with E-state index in [4.69, 9.17) is 5.26 Å². The van der Waals surface area contributed by atoms with Crippen molar-refractivity contribution in [3.8, 4) is 6.07 Å². The number of hydrogen-bond donors (Lipinski definition) is 1. The molecule has 1 N–H and O–H groups in total. The highest BCUT2D eigenvalue weighted by Crippen LogP contribution is 2.26. The molecule has 1 aromatic rings. The Bertz CT molecular complexity index is 448. The van der Waals surface area contributed by atoms with E-state index >= 15 is 0 Å². The molecule has 1 aromatic carbocycles. The molecule has 3 nitrogen and oxygen atoms in total. The fourth-order valence-electron chi connectivity index (χ4n) is 2.73. The van der Waals surface area contributed by atoms with Crippen LogP contribution in [0.25, 0.3) is 0 Å². The topological polar surface area (TPSA) is 39.1 Å². The van der Waals surface area contributed by atoms with Crippen molar-refractivity contribution in [2.24, 2.45) is 0 Å². The molecule has 0 saturated carbocycles. The highest BCUT2D eigenvalue weighted by molar-refractivity contribution is 5.59. The number of nitriles is 1. The van der Waals surface area contributed by atoms with Gasteiger partial charge in [0.15, 0.2) is 0 Å². The van der Waals surface area contributed by atoms with Crippen molar-refractivity contribution in [3.05, 3.63) is 29.3 Å². The van der Waals surface area contributed by atoms with Gasteiger partial charge in [-0.15, -0.1) is 0 Å². The van der Waals surface area contributed by atoms with Crippen molar-refractivity contribution in [2.75, 3.05) is 24.5 Å². The van der Waals surface area contributed by atoms with Crippen LogP contribution in [0.1, 0.15) is 24.5 Å². The number of benzene rings is 1. The van der Waals surface area contributed by atoms with Crippen LogP contribution in [-0.2, 0) is 6.42 Å². The first-order chi connectivity index (χ1) is 8.76. The number of hydrogen-bond acceptors (Lipinski definition) is 3. The van der Waals surface area contributed by atoms with E-state index in [1.165, 1.54) is 16.8 Å². The van der Waals surface area contributed by atoms with Crippen LogP contribution in [-0.4, -0.2) is 25.7 Å². The predicted octanol–water partition coefficient (Wildman–Crippen LogP) is 2.25. The van der Waals surface area contributed by atoms with Crippen molar-refractivity contribution in [2.45, 2.75) is 32.7 Å². The molecule has 0 radical (unpaired) electrons. The number of rotatable bonds is 3. The number of anilines is 1. The maximum atomic E-state index is 8.82. The summed E-state index contributed by atoms with van der Waals surface area (Å²) in [6, 6.07) is 9.08. The van der Waals surface area contributed by atoms with Gasteiger partial charge in [0.1, 0.15) is 0 Å². The number of nitrogens with one attached hydrogen (secondary N) is 1. The van der Waals surface area contributed by atoms with Gasteiger partial charge in [-0.2, -0.15) is 5.26 Å². The minimum absolute atomic E-state index is 0.299. The number of para-hydroxylation sites is 1. The lowest BCUT2D eigenvalue weighted by atomic mass is 10.0. The van der Waals surface area contributed by atoms with E-state index in [0.717, 1.165) is 26.1 Å². The number of piperazine rings is 1. The van der Waals surface area contributed by atoms with Crippen LogP contribution in [0.15, 0.2) is 18.2 Å². The molecule has 96 valence electrons. The Morgan fingerprint density at radius 3 is 3.06 bits per heavy atom. The summed E-state index contributed by atoms with van der Waals surface area (Å²) in [6.45, 7) is 7.30. The Hall–Kier alpha value is -1.53. The molecule has 1 fully saturated rings. The number of nitrogens with zero attached hydrogens (tertiary/aromatic N) is 2. The summed E-state index contributed by atoms with van der Waals surface area (Å²) in [5.74, 6) is 0. The maximum absolute atomic E-state index is 8.82. The van der Waals surface area contributed by atoms with Gasteiger partial charge in [-0.05, 0) is 24.5 Å². The van der Waals surface area contributed by atoms with Gasteiger partial charge in [-0.25, -0.2) is 0 Å². The first-order valence-corrected chi connectivity index (χ1v) is 6.70. The van der Waals surface area contributed by atoms with Gasteiger partial charge < -0.3 is 10.2 Å². The van der Waals surface area contributed by atoms with Crippen LogP contribution in [0.2, 0.25) is 0 Å².